The van der Waals surface area contributed by atoms with E-state index in [2.05, 4.69) is 32.9 Å². The van der Waals surface area contributed by atoms with Crippen LogP contribution in [0.4, 0.5) is 0 Å². The smallest absolute Gasteiger partial charge is 0.336 e. The van der Waals surface area contributed by atoms with Crippen molar-refractivity contribution < 1.29 is 13.6 Å². The monoisotopic (exact) mass is 338 g/mol. The van der Waals surface area contributed by atoms with E-state index in [1.807, 2.05) is 6.07 Å². The van der Waals surface area contributed by atoms with E-state index in [9.17, 15) is 4.79 Å². The van der Waals surface area contributed by atoms with E-state index in [4.69, 9.17) is 13.6 Å². The lowest BCUT2D eigenvalue weighted by Crippen LogP contribution is -2.01. The van der Waals surface area contributed by atoms with E-state index < -0.39 is 0 Å². The third-order valence-corrected chi connectivity index (χ3v) is 3.96. The fourth-order valence-corrected chi connectivity index (χ4v) is 2.71. The minimum absolute atomic E-state index is 0.389. The molecule has 1 aromatic carbocycles. The van der Waals surface area contributed by atoms with Crippen LogP contribution in [-0.4, -0.2) is 6.61 Å². The number of allylic oxidation sites excluding steroid dienone is 3. The van der Waals surface area contributed by atoms with Crippen molar-refractivity contribution in [1.29, 1.82) is 0 Å². The Morgan fingerprint density at radius 1 is 1.04 bits per heavy atom. The molecule has 0 radical (unpaired) electrons. The predicted octanol–water partition coefficient (Wildman–Crippen LogP) is 5.61. The molecule has 0 amide bonds. The fourth-order valence-electron chi connectivity index (χ4n) is 2.71. The molecule has 0 saturated heterocycles. The van der Waals surface area contributed by atoms with Crippen molar-refractivity contribution in [3.8, 4) is 5.75 Å². The van der Waals surface area contributed by atoms with Crippen LogP contribution in [0.3, 0.4) is 0 Å². The second-order valence-corrected chi connectivity index (χ2v) is 6.40. The van der Waals surface area contributed by atoms with Crippen LogP contribution < -0.4 is 10.4 Å². The van der Waals surface area contributed by atoms with Crippen LogP contribution in [0.15, 0.2) is 67.5 Å². The highest BCUT2D eigenvalue weighted by atomic mass is 16.5. The van der Waals surface area contributed by atoms with Gasteiger partial charge in [-0.2, -0.15) is 0 Å². The fraction of sp³-hybridized carbons (Fsp3) is 0.286. The lowest BCUT2D eigenvalue weighted by Gasteiger charge is -2.10. The number of furan rings is 1. The zero-order valence-electron chi connectivity index (χ0n) is 14.8. The molecule has 3 rings (SSSR count). The minimum Gasteiger partial charge on any atom is -0.488 e. The first-order valence-electron chi connectivity index (χ1n) is 8.40. The standard InChI is InChI=1S/C21H22O4/c1-14(2)6-4-5-7-15(3)13-24-21-16-8-9-20(22)25-19(16)12-18-17(21)10-11-23-18/h6-12H,4-5,13H2,1-3H3. The van der Waals surface area contributed by atoms with Gasteiger partial charge in [0, 0.05) is 12.1 Å². The predicted molar refractivity (Wildman–Crippen MR) is 100 cm³/mol. The Balaban J connectivity index is 1.84. The van der Waals surface area contributed by atoms with Crippen LogP contribution in [0.25, 0.3) is 21.9 Å². The summed E-state index contributed by atoms with van der Waals surface area (Å²) in [6.07, 6.45) is 8.05. The maximum absolute atomic E-state index is 11.5. The largest absolute Gasteiger partial charge is 0.488 e. The zero-order chi connectivity index (χ0) is 17.8. The van der Waals surface area contributed by atoms with Crippen molar-refractivity contribution in [2.45, 2.75) is 33.6 Å². The van der Waals surface area contributed by atoms with Crippen molar-refractivity contribution in [3.63, 3.8) is 0 Å². The molecule has 4 nitrogen and oxygen atoms in total. The van der Waals surface area contributed by atoms with Gasteiger partial charge in [-0.1, -0.05) is 17.7 Å². The molecule has 0 bridgehead atoms. The molecule has 0 spiro atoms. The normalized spacial score (nSPS) is 11.9. The maximum Gasteiger partial charge on any atom is 0.336 e. The van der Waals surface area contributed by atoms with E-state index >= 15 is 0 Å². The highest BCUT2D eigenvalue weighted by Gasteiger charge is 2.13. The number of hydrogen-bond donors (Lipinski definition) is 0. The van der Waals surface area contributed by atoms with Gasteiger partial charge in [-0.3, -0.25) is 0 Å². The second-order valence-electron chi connectivity index (χ2n) is 6.40. The van der Waals surface area contributed by atoms with Gasteiger partial charge >= 0.3 is 5.63 Å². The highest BCUT2D eigenvalue weighted by Crippen LogP contribution is 2.35. The molecule has 0 N–H and O–H groups in total. The molecule has 2 aromatic heterocycles. The molecular weight excluding hydrogens is 316 g/mol. The summed E-state index contributed by atoms with van der Waals surface area (Å²) < 4.78 is 16.8. The summed E-state index contributed by atoms with van der Waals surface area (Å²) in [5.74, 6) is 0.682. The Bertz CT molecular complexity index is 998. The van der Waals surface area contributed by atoms with E-state index in [1.54, 1.807) is 18.4 Å². The third kappa shape index (κ3) is 4.02. The molecule has 2 heterocycles. The van der Waals surface area contributed by atoms with Crippen molar-refractivity contribution in [2.24, 2.45) is 0 Å². The Labute approximate surface area is 146 Å². The van der Waals surface area contributed by atoms with Crippen LogP contribution >= 0.6 is 0 Å². The first-order chi connectivity index (χ1) is 12.0. The Kier molecular flexibility index (Phi) is 5.08. The third-order valence-electron chi connectivity index (χ3n) is 3.96. The Hall–Kier alpha value is -2.75. The summed E-state index contributed by atoms with van der Waals surface area (Å²) in [4.78, 5) is 11.5. The first kappa shape index (κ1) is 17.1. The van der Waals surface area contributed by atoms with Crippen LogP contribution in [0.1, 0.15) is 33.6 Å². The molecule has 0 aliphatic heterocycles. The minimum atomic E-state index is -0.389. The number of rotatable bonds is 6. The maximum atomic E-state index is 11.5. The molecule has 0 unspecified atom stereocenters. The average Bonchev–Trinajstić information content (AvgIpc) is 3.03. The first-order valence-corrected chi connectivity index (χ1v) is 8.40. The molecule has 0 saturated carbocycles. The lowest BCUT2D eigenvalue weighted by atomic mass is 10.1. The summed E-state index contributed by atoms with van der Waals surface area (Å²) >= 11 is 0. The van der Waals surface area contributed by atoms with Crippen LogP contribution in [0.2, 0.25) is 0 Å². The number of unbranched alkanes of at least 4 members (excludes halogenated alkanes) is 1. The summed E-state index contributed by atoms with van der Waals surface area (Å²) in [7, 11) is 0. The van der Waals surface area contributed by atoms with Crippen molar-refractivity contribution >= 4 is 21.9 Å². The van der Waals surface area contributed by atoms with Gasteiger partial charge in [0.15, 0.2) is 0 Å². The molecule has 130 valence electrons. The number of hydrogen-bond acceptors (Lipinski definition) is 4. The van der Waals surface area contributed by atoms with E-state index in [0.717, 1.165) is 29.2 Å². The second kappa shape index (κ2) is 7.43. The molecule has 25 heavy (non-hydrogen) atoms. The van der Waals surface area contributed by atoms with Gasteiger partial charge in [0.05, 0.1) is 17.0 Å². The van der Waals surface area contributed by atoms with Gasteiger partial charge in [0.25, 0.3) is 0 Å². The van der Waals surface area contributed by atoms with Crippen LogP contribution in [0.5, 0.6) is 5.75 Å². The van der Waals surface area contributed by atoms with Gasteiger partial charge in [0.1, 0.15) is 23.5 Å². The summed E-state index contributed by atoms with van der Waals surface area (Å²) in [6.45, 7) is 6.75. The van der Waals surface area contributed by atoms with Crippen molar-refractivity contribution in [1.82, 2.24) is 0 Å². The number of fused-ring (bicyclic) bond motifs is 2. The Morgan fingerprint density at radius 3 is 2.60 bits per heavy atom. The summed E-state index contributed by atoms with van der Waals surface area (Å²) in [5, 5.41) is 1.64. The number of benzene rings is 1. The summed E-state index contributed by atoms with van der Waals surface area (Å²) in [5.41, 5.74) is 3.21. The lowest BCUT2D eigenvalue weighted by molar-refractivity contribution is 0.359. The molecule has 0 aliphatic carbocycles. The van der Waals surface area contributed by atoms with Crippen molar-refractivity contribution in [3.05, 3.63) is 64.2 Å². The molecule has 0 atom stereocenters. The van der Waals surface area contributed by atoms with Gasteiger partial charge in [-0.05, 0) is 51.3 Å². The topological polar surface area (TPSA) is 52.6 Å². The quantitative estimate of drug-likeness (QED) is 0.333. The molecule has 4 heteroatoms. The Morgan fingerprint density at radius 2 is 1.80 bits per heavy atom. The molecular formula is C21H22O4. The van der Waals surface area contributed by atoms with Crippen LogP contribution in [0, 0.1) is 0 Å². The van der Waals surface area contributed by atoms with Gasteiger partial charge in [0.2, 0.25) is 0 Å². The molecule has 0 aliphatic rings. The van der Waals surface area contributed by atoms with Gasteiger partial charge in [-0.25, -0.2) is 4.79 Å². The summed E-state index contributed by atoms with van der Waals surface area (Å²) in [6, 6.07) is 6.73. The average molecular weight is 338 g/mol. The highest BCUT2D eigenvalue weighted by molar-refractivity contribution is 6.01. The molecule has 3 aromatic rings. The van der Waals surface area contributed by atoms with Crippen LogP contribution in [-0.2, 0) is 0 Å². The van der Waals surface area contributed by atoms with E-state index in [-0.39, 0.29) is 5.63 Å². The number of ether oxygens (including phenoxy) is 1. The zero-order valence-corrected chi connectivity index (χ0v) is 14.8. The van der Waals surface area contributed by atoms with Gasteiger partial charge < -0.3 is 13.6 Å². The van der Waals surface area contributed by atoms with Crippen molar-refractivity contribution in [2.75, 3.05) is 6.61 Å². The van der Waals surface area contributed by atoms with E-state index in [0.29, 0.717) is 23.5 Å². The van der Waals surface area contributed by atoms with E-state index in [1.165, 1.54) is 11.6 Å². The molecule has 0 fully saturated rings. The van der Waals surface area contributed by atoms with Gasteiger partial charge in [-0.15, -0.1) is 0 Å². The SMILES string of the molecule is CC(C)=CCCC=C(C)COc1c2ccoc2cc2oc(=O)ccc12.